The Bertz CT molecular complexity index is 653. The number of methoxy groups -OCH3 is 1. The third-order valence-corrected chi connectivity index (χ3v) is 2.84. The molecule has 0 radical (unpaired) electrons. The molecule has 106 valence electrons. The molecule has 0 aliphatic rings. The summed E-state index contributed by atoms with van der Waals surface area (Å²) >= 11 is 0. The number of hydrogen-bond donors (Lipinski definition) is 0. The summed E-state index contributed by atoms with van der Waals surface area (Å²) in [6.07, 6.45) is 0. The molecule has 0 aliphatic heterocycles. The smallest absolute Gasteiger partial charge is 0.325 e. The maximum atomic E-state index is 11.4. The lowest BCUT2D eigenvalue weighted by Crippen LogP contribution is -2.30. The Hall–Kier alpha value is -2.71. The van der Waals surface area contributed by atoms with Crippen LogP contribution in [0.15, 0.2) is 16.8 Å². The van der Waals surface area contributed by atoms with Gasteiger partial charge in [-0.1, -0.05) is 0 Å². The van der Waals surface area contributed by atoms with Crippen LogP contribution in [0.25, 0.3) is 11.0 Å². The number of ether oxygens (including phenoxy) is 1. The van der Waals surface area contributed by atoms with Gasteiger partial charge in [0.05, 0.1) is 17.7 Å². The Balaban J connectivity index is 2.49. The second kappa shape index (κ2) is 5.51. The fraction of sp³-hybridized carbons (Fsp3) is 0.364. The van der Waals surface area contributed by atoms with Gasteiger partial charge in [0.1, 0.15) is 6.54 Å². The van der Waals surface area contributed by atoms with E-state index >= 15 is 0 Å². The highest BCUT2D eigenvalue weighted by Gasteiger charge is 2.22. The van der Waals surface area contributed by atoms with E-state index < -0.39 is 10.9 Å². The van der Waals surface area contributed by atoms with Crippen molar-refractivity contribution < 1.29 is 19.1 Å². The van der Waals surface area contributed by atoms with Gasteiger partial charge in [0.15, 0.2) is 5.52 Å². The molecule has 0 atom stereocenters. The normalized spacial score (nSPS) is 10.5. The van der Waals surface area contributed by atoms with Crippen molar-refractivity contribution in [2.45, 2.75) is 6.92 Å². The van der Waals surface area contributed by atoms with Crippen LogP contribution >= 0.6 is 0 Å². The summed E-state index contributed by atoms with van der Waals surface area (Å²) in [6.45, 7) is 2.34. The molecule has 0 unspecified atom stereocenters. The number of hydrogen-bond acceptors (Lipinski definition) is 8. The van der Waals surface area contributed by atoms with Crippen molar-refractivity contribution in [3.8, 4) is 0 Å². The van der Waals surface area contributed by atoms with Crippen molar-refractivity contribution in [1.29, 1.82) is 0 Å². The molecular weight excluding hydrogens is 268 g/mol. The van der Waals surface area contributed by atoms with Gasteiger partial charge < -0.3 is 9.64 Å². The van der Waals surface area contributed by atoms with Crippen LogP contribution in [-0.4, -0.2) is 41.4 Å². The number of rotatable bonds is 5. The third-order valence-electron chi connectivity index (χ3n) is 2.84. The molecule has 0 bridgehead atoms. The molecule has 2 rings (SSSR count). The van der Waals surface area contributed by atoms with E-state index in [9.17, 15) is 14.9 Å². The van der Waals surface area contributed by atoms with Gasteiger partial charge in [-0.25, -0.2) is 4.63 Å². The predicted octanol–water partition coefficient (Wildman–Crippen LogP) is 1.13. The molecule has 0 saturated carbocycles. The number of anilines is 1. The highest BCUT2D eigenvalue weighted by Crippen LogP contribution is 2.30. The Morgan fingerprint density at radius 2 is 2.15 bits per heavy atom. The first-order chi connectivity index (χ1) is 9.58. The third kappa shape index (κ3) is 2.37. The zero-order valence-corrected chi connectivity index (χ0v) is 10.9. The highest BCUT2D eigenvalue weighted by molar-refractivity contribution is 5.94. The van der Waals surface area contributed by atoms with Crippen LogP contribution in [-0.2, 0) is 9.53 Å². The Morgan fingerprint density at radius 3 is 2.75 bits per heavy atom. The van der Waals surface area contributed by atoms with E-state index in [0.717, 1.165) is 0 Å². The number of benzene rings is 1. The standard InChI is InChI=1S/C11H12N4O5/c1-3-14(6-9(16)19-2)7-4-5-8(15(17)18)11-10(7)12-20-13-11/h4-5H,3,6H2,1-2H3. The number of carbonyl (C=O) groups is 1. The first-order valence-electron chi connectivity index (χ1n) is 5.80. The molecule has 9 nitrogen and oxygen atoms in total. The summed E-state index contributed by atoms with van der Waals surface area (Å²) in [7, 11) is 1.29. The van der Waals surface area contributed by atoms with Gasteiger partial charge in [-0.15, -0.1) is 0 Å². The fourth-order valence-corrected chi connectivity index (χ4v) is 1.83. The number of nitrogens with zero attached hydrogens (tertiary/aromatic N) is 4. The van der Waals surface area contributed by atoms with Gasteiger partial charge >= 0.3 is 11.7 Å². The maximum Gasteiger partial charge on any atom is 0.325 e. The molecule has 0 N–H and O–H groups in total. The first-order valence-corrected chi connectivity index (χ1v) is 5.80. The van der Waals surface area contributed by atoms with Crippen LogP contribution in [0.2, 0.25) is 0 Å². The zero-order chi connectivity index (χ0) is 14.7. The Kier molecular flexibility index (Phi) is 3.78. The first kappa shape index (κ1) is 13.7. The number of nitro benzene ring substituents is 1. The van der Waals surface area contributed by atoms with Gasteiger partial charge in [0, 0.05) is 12.6 Å². The lowest BCUT2D eigenvalue weighted by Gasteiger charge is -2.21. The van der Waals surface area contributed by atoms with E-state index in [-0.39, 0.29) is 23.3 Å². The van der Waals surface area contributed by atoms with E-state index in [1.807, 2.05) is 6.92 Å². The Morgan fingerprint density at radius 1 is 1.45 bits per heavy atom. The minimum atomic E-state index is -0.563. The summed E-state index contributed by atoms with van der Waals surface area (Å²) in [6, 6.07) is 2.82. The summed E-state index contributed by atoms with van der Waals surface area (Å²) in [5.74, 6) is -0.421. The molecule has 1 aromatic heterocycles. The number of nitro groups is 1. The Labute approximate surface area is 113 Å². The summed E-state index contributed by atoms with van der Waals surface area (Å²) in [4.78, 5) is 23.4. The van der Waals surface area contributed by atoms with Crippen molar-refractivity contribution in [3.63, 3.8) is 0 Å². The van der Waals surface area contributed by atoms with Crippen molar-refractivity contribution in [3.05, 3.63) is 22.2 Å². The molecule has 0 saturated heterocycles. The number of aromatic nitrogens is 2. The maximum absolute atomic E-state index is 11.4. The molecule has 0 fully saturated rings. The second-order valence-corrected chi connectivity index (χ2v) is 3.91. The van der Waals surface area contributed by atoms with E-state index in [1.165, 1.54) is 19.2 Å². The summed E-state index contributed by atoms with van der Waals surface area (Å²) in [5, 5.41) is 18.1. The zero-order valence-electron chi connectivity index (χ0n) is 10.9. The van der Waals surface area contributed by atoms with Gasteiger partial charge in [-0.05, 0) is 23.3 Å². The summed E-state index contributed by atoms with van der Waals surface area (Å²) in [5.41, 5.74) is 0.625. The monoisotopic (exact) mass is 280 g/mol. The van der Waals surface area contributed by atoms with Crippen molar-refractivity contribution in [1.82, 2.24) is 10.3 Å². The molecule has 1 aromatic carbocycles. The van der Waals surface area contributed by atoms with Crippen LogP contribution in [0.3, 0.4) is 0 Å². The van der Waals surface area contributed by atoms with Crippen LogP contribution in [0.4, 0.5) is 11.4 Å². The molecule has 0 amide bonds. The number of non-ortho nitro benzene ring substituents is 1. The predicted molar refractivity (Wildman–Crippen MR) is 68.4 cm³/mol. The SMILES string of the molecule is CCN(CC(=O)OC)c1ccc([N+](=O)[O-])c2nonc12. The average Bonchev–Trinajstić information content (AvgIpc) is 2.92. The molecule has 1 heterocycles. The molecule has 0 spiro atoms. The van der Waals surface area contributed by atoms with E-state index in [2.05, 4.69) is 19.7 Å². The number of esters is 1. The number of fused-ring (bicyclic) bond motifs is 1. The van der Waals surface area contributed by atoms with Gasteiger partial charge in [-0.2, -0.15) is 0 Å². The number of likely N-dealkylation sites (N-methyl/N-ethyl adjacent to an activating group) is 1. The minimum Gasteiger partial charge on any atom is -0.468 e. The van der Waals surface area contributed by atoms with Crippen LogP contribution in [0.1, 0.15) is 6.92 Å². The van der Waals surface area contributed by atoms with E-state index in [4.69, 9.17) is 0 Å². The van der Waals surface area contributed by atoms with Crippen LogP contribution in [0.5, 0.6) is 0 Å². The fourth-order valence-electron chi connectivity index (χ4n) is 1.83. The van der Waals surface area contributed by atoms with E-state index in [0.29, 0.717) is 12.2 Å². The summed E-state index contributed by atoms with van der Waals surface area (Å²) < 4.78 is 9.19. The van der Waals surface area contributed by atoms with E-state index in [1.54, 1.807) is 4.90 Å². The molecule has 20 heavy (non-hydrogen) atoms. The van der Waals surface area contributed by atoms with Crippen molar-refractivity contribution >= 4 is 28.4 Å². The second-order valence-electron chi connectivity index (χ2n) is 3.91. The molecular formula is C11H12N4O5. The van der Waals surface area contributed by atoms with Gasteiger partial charge in [0.2, 0.25) is 5.52 Å². The average molecular weight is 280 g/mol. The lowest BCUT2D eigenvalue weighted by molar-refractivity contribution is -0.383. The van der Waals surface area contributed by atoms with Crippen LogP contribution in [0, 0.1) is 10.1 Å². The molecule has 2 aromatic rings. The largest absolute Gasteiger partial charge is 0.468 e. The minimum absolute atomic E-state index is 0.00672. The quantitative estimate of drug-likeness (QED) is 0.455. The number of carbonyl (C=O) groups excluding carboxylic acids is 1. The van der Waals surface area contributed by atoms with Crippen molar-refractivity contribution in [2.75, 3.05) is 25.1 Å². The topological polar surface area (TPSA) is 112 Å². The highest BCUT2D eigenvalue weighted by atomic mass is 16.6. The lowest BCUT2D eigenvalue weighted by atomic mass is 10.2. The van der Waals surface area contributed by atoms with Crippen molar-refractivity contribution in [2.24, 2.45) is 0 Å². The molecule has 9 heteroatoms. The molecule has 0 aliphatic carbocycles. The van der Waals surface area contributed by atoms with Gasteiger partial charge in [-0.3, -0.25) is 14.9 Å². The van der Waals surface area contributed by atoms with Crippen LogP contribution < -0.4 is 4.90 Å². The van der Waals surface area contributed by atoms with Gasteiger partial charge in [0.25, 0.3) is 0 Å².